The van der Waals surface area contributed by atoms with Gasteiger partial charge in [0.15, 0.2) is 5.16 Å². The number of nitrogen functional groups attached to an aromatic ring is 1. The van der Waals surface area contributed by atoms with Gasteiger partial charge in [0.2, 0.25) is 11.9 Å². The summed E-state index contributed by atoms with van der Waals surface area (Å²) in [6.07, 6.45) is 3.72. The third-order valence-corrected chi connectivity index (χ3v) is 5.02. The molecular formula is C16H18BrN7S. The van der Waals surface area contributed by atoms with Crippen molar-refractivity contribution in [2.24, 2.45) is 0 Å². The lowest BCUT2D eigenvalue weighted by Gasteiger charge is -2.15. The average molecular weight is 420 g/mol. The second kappa shape index (κ2) is 7.40. The van der Waals surface area contributed by atoms with Crippen molar-refractivity contribution in [2.45, 2.75) is 17.3 Å². The molecule has 0 radical (unpaired) electrons. The van der Waals surface area contributed by atoms with E-state index in [2.05, 4.69) is 35.9 Å². The summed E-state index contributed by atoms with van der Waals surface area (Å²) < 4.78 is 3.07. The van der Waals surface area contributed by atoms with E-state index in [-0.39, 0.29) is 11.2 Å². The fourth-order valence-electron chi connectivity index (χ4n) is 2.17. The van der Waals surface area contributed by atoms with Crippen molar-refractivity contribution in [3.8, 4) is 5.69 Å². The van der Waals surface area contributed by atoms with E-state index >= 15 is 0 Å². The van der Waals surface area contributed by atoms with Gasteiger partial charge in [0.1, 0.15) is 5.82 Å². The van der Waals surface area contributed by atoms with Crippen molar-refractivity contribution >= 4 is 39.6 Å². The molecule has 0 aliphatic carbocycles. The molecule has 2 N–H and O–H groups in total. The standard InChI is InChI=1S/C16H18BrN7S/c1-10(13-20-14(18)22-15(21-13)23(2)3)25-16-19-8-9-24(16)12-6-4-11(17)5-7-12/h4-10H,1-3H3,(H2,18,20,21,22)/t10-/m0/s1. The minimum absolute atomic E-state index is 0.0272. The number of hydrogen-bond donors (Lipinski definition) is 1. The van der Waals surface area contributed by atoms with Crippen LogP contribution in [-0.2, 0) is 0 Å². The van der Waals surface area contributed by atoms with Crippen LogP contribution in [0, 0.1) is 0 Å². The first-order valence-electron chi connectivity index (χ1n) is 7.59. The largest absolute Gasteiger partial charge is 0.368 e. The van der Waals surface area contributed by atoms with Crippen LogP contribution in [0.15, 0.2) is 46.3 Å². The number of anilines is 2. The van der Waals surface area contributed by atoms with Gasteiger partial charge in [-0.25, -0.2) is 4.98 Å². The van der Waals surface area contributed by atoms with E-state index in [4.69, 9.17) is 5.73 Å². The van der Waals surface area contributed by atoms with Crippen LogP contribution >= 0.6 is 27.7 Å². The number of hydrogen-bond acceptors (Lipinski definition) is 7. The van der Waals surface area contributed by atoms with Gasteiger partial charge >= 0.3 is 0 Å². The molecule has 0 amide bonds. The summed E-state index contributed by atoms with van der Waals surface area (Å²) in [5.74, 6) is 1.40. The number of imidazole rings is 1. The number of nitrogens with zero attached hydrogens (tertiary/aromatic N) is 6. The first kappa shape index (κ1) is 17.7. The molecule has 3 aromatic rings. The van der Waals surface area contributed by atoms with Gasteiger partial charge in [0, 0.05) is 36.6 Å². The lowest BCUT2D eigenvalue weighted by Crippen LogP contribution is -2.16. The van der Waals surface area contributed by atoms with E-state index in [0.717, 1.165) is 15.3 Å². The fourth-order valence-corrected chi connectivity index (χ4v) is 3.36. The molecule has 1 atom stereocenters. The Labute approximate surface area is 158 Å². The van der Waals surface area contributed by atoms with E-state index in [1.165, 1.54) is 0 Å². The maximum absolute atomic E-state index is 5.82. The molecule has 1 aromatic carbocycles. The predicted octanol–water partition coefficient (Wildman–Crippen LogP) is 3.32. The lowest BCUT2D eigenvalue weighted by atomic mass is 10.3. The van der Waals surface area contributed by atoms with E-state index in [1.807, 2.05) is 60.9 Å². The number of aromatic nitrogens is 5. The zero-order valence-electron chi connectivity index (χ0n) is 14.1. The number of benzene rings is 1. The Kier molecular flexibility index (Phi) is 5.24. The number of nitrogens with two attached hydrogens (primary N) is 1. The summed E-state index contributed by atoms with van der Waals surface area (Å²) in [5.41, 5.74) is 6.86. The molecule has 0 aliphatic heterocycles. The molecule has 0 unspecified atom stereocenters. The molecule has 3 rings (SSSR count). The molecule has 0 saturated heterocycles. The van der Waals surface area contributed by atoms with Crippen molar-refractivity contribution < 1.29 is 0 Å². The summed E-state index contributed by atoms with van der Waals surface area (Å²) in [4.78, 5) is 19.2. The van der Waals surface area contributed by atoms with Gasteiger partial charge in [0.05, 0.1) is 5.25 Å². The second-order valence-electron chi connectivity index (χ2n) is 5.56. The zero-order valence-corrected chi connectivity index (χ0v) is 16.5. The van der Waals surface area contributed by atoms with Crippen LogP contribution in [0.5, 0.6) is 0 Å². The van der Waals surface area contributed by atoms with Gasteiger partial charge in [-0.15, -0.1) is 0 Å². The number of rotatable bonds is 5. The summed E-state index contributed by atoms with van der Waals surface area (Å²) in [7, 11) is 3.74. The van der Waals surface area contributed by atoms with Gasteiger partial charge in [0.25, 0.3) is 0 Å². The third kappa shape index (κ3) is 4.10. The van der Waals surface area contributed by atoms with Gasteiger partial charge in [-0.2, -0.15) is 15.0 Å². The summed E-state index contributed by atoms with van der Waals surface area (Å²) >= 11 is 5.03. The van der Waals surface area contributed by atoms with Gasteiger partial charge in [-0.1, -0.05) is 27.7 Å². The minimum Gasteiger partial charge on any atom is -0.368 e. The average Bonchev–Trinajstić information content (AvgIpc) is 3.03. The van der Waals surface area contributed by atoms with E-state index in [9.17, 15) is 0 Å². The summed E-state index contributed by atoms with van der Waals surface area (Å²) in [6, 6.07) is 8.07. The quantitative estimate of drug-likeness (QED) is 0.634. The van der Waals surface area contributed by atoms with Crippen molar-refractivity contribution in [1.82, 2.24) is 24.5 Å². The molecule has 2 heterocycles. The topological polar surface area (TPSA) is 85.8 Å². The second-order valence-corrected chi connectivity index (χ2v) is 7.79. The Morgan fingerprint density at radius 3 is 2.56 bits per heavy atom. The molecule has 7 nitrogen and oxygen atoms in total. The van der Waals surface area contributed by atoms with Crippen LogP contribution in [0.1, 0.15) is 18.0 Å². The van der Waals surface area contributed by atoms with Crippen LogP contribution < -0.4 is 10.6 Å². The van der Waals surface area contributed by atoms with E-state index < -0.39 is 0 Å². The van der Waals surface area contributed by atoms with Crippen LogP contribution in [0.25, 0.3) is 5.69 Å². The highest BCUT2D eigenvalue weighted by atomic mass is 79.9. The maximum atomic E-state index is 5.82. The molecule has 0 fully saturated rings. The molecule has 25 heavy (non-hydrogen) atoms. The monoisotopic (exact) mass is 419 g/mol. The molecule has 9 heteroatoms. The first-order valence-corrected chi connectivity index (χ1v) is 9.26. The summed E-state index contributed by atoms with van der Waals surface area (Å²) in [6.45, 7) is 2.03. The molecule has 0 bridgehead atoms. The highest BCUT2D eigenvalue weighted by molar-refractivity contribution is 9.10. The van der Waals surface area contributed by atoms with Crippen LogP contribution in [0.2, 0.25) is 0 Å². The molecular weight excluding hydrogens is 402 g/mol. The van der Waals surface area contributed by atoms with Crippen molar-refractivity contribution in [2.75, 3.05) is 24.7 Å². The first-order chi connectivity index (χ1) is 11.9. The zero-order chi connectivity index (χ0) is 18.0. The van der Waals surface area contributed by atoms with Crippen LogP contribution in [0.3, 0.4) is 0 Å². The van der Waals surface area contributed by atoms with Gasteiger partial charge < -0.3 is 10.6 Å². The van der Waals surface area contributed by atoms with E-state index in [1.54, 1.807) is 18.0 Å². The molecule has 2 aromatic heterocycles. The van der Waals surface area contributed by atoms with Crippen molar-refractivity contribution in [3.63, 3.8) is 0 Å². The third-order valence-electron chi connectivity index (χ3n) is 3.42. The summed E-state index contributed by atoms with van der Waals surface area (Å²) in [5, 5.41) is 0.834. The highest BCUT2D eigenvalue weighted by Crippen LogP contribution is 2.34. The Balaban J connectivity index is 1.86. The fraction of sp³-hybridized carbons (Fsp3) is 0.250. The van der Waals surface area contributed by atoms with Gasteiger partial charge in [-0.05, 0) is 31.2 Å². The van der Waals surface area contributed by atoms with E-state index in [0.29, 0.717) is 11.8 Å². The van der Waals surface area contributed by atoms with Crippen molar-refractivity contribution in [1.29, 1.82) is 0 Å². The Bertz CT molecular complexity index is 863. The number of thioether (sulfide) groups is 1. The molecule has 130 valence electrons. The Morgan fingerprint density at radius 1 is 1.16 bits per heavy atom. The molecule has 0 aliphatic rings. The lowest BCUT2D eigenvalue weighted by molar-refractivity contribution is 0.847. The Morgan fingerprint density at radius 2 is 1.88 bits per heavy atom. The smallest absolute Gasteiger partial charge is 0.229 e. The highest BCUT2D eigenvalue weighted by Gasteiger charge is 2.17. The van der Waals surface area contributed by atoms with Crippen molar-refractivity contribution in [3.05, 3.63) is 47.0 Å². The van der Waals surface area contributed by atoms with Crippen LogP contribution in [-0.4, -0.2) is 38.6 Å². The maximum Gasteiger partial charge on any atom is 0.229 e. The number of halogens is 1. The predicted molar refractivity (Wildman–Crippen MR) is 104 cm³/mol. The normalized spacial score (nSPS) is 12.2. The SMILES string of the molecule is C[C@H](Sc1nccn1-c1ccc(Br)cc1)c1nc(N)nc(N(C)C)n1. The van der Waals surface area contributed by atoms with Gasteiger partial charge in [-0.3, -0.25) is 4.57 Å². The molecule has 0 spiro atoms. The minimum atomic E-state index is -0.0272. The van der Waals surface area contributed by atoms with Crippen LogP contribution in [0.4, 0.5) is 11.9 Å². The Hall–Kier alpha value is -2.13. The molecule has 0 saturated carbocycles.